The summed E-state index contributed by atoms with van der Waals surface area (Å²) < 4.78 is 41.9. The van der Waals surface area contributed by atoms with Crippen molar-refractivity contribution >= 4 is 34.9 Å². The number of anilines is 2. The first kappa shape index (κ1) is 30.7. The van der Waals surface area contributed by atoms with Crippen LogP contribution in [0.15, 0.2) is 66.9 Å². The molecule has 2 aromatic carbocycles. The van der Waals surface area contributed by atoms with Crippen molar-refractivity contribution in [1.82, 2.24) is 10.3 Å². The predicted molar refractivity (Wildman–Crippen MR) is 152 cm³/mol. The van der Waals surface area contributed by atoms with E-state index in [0.717, 1.165) is 21.9 Å². The zero-order valence-electron chi connectivity index (χ0n) is 22.0. The van der Waals surface area contributed by atoms with Crippen LogP contribution in [-0.2, 0) is 14.4 Å². The van der Waals surface area contributed by atoms with Crippen LogP contribution >= 0.6 is 0 Å². The highest BCUT2D eigenvalue weighted by atomic mass is 19.3. The second-order valence-electron chi connectivity index (χ2n) is 10.1. The van der Waals surface area contributed by atoms with Gasteiger partial charge in [-0.05, 0) is 42.3 Å². The van der Waals surface area contributed by atoms with Gasteiger partial charge in [-0.3, -0.25) is 24.2 Å². The highest BCUT2D eigenvalue weighted by Gasteiger charge is 2.48. The average Bonchev–Trinajstić information content (AvgIpc) is 3.35. The van der Waals surface area contributed by atoms with E-state index < -0.39 is 60.4 Å². The molecule has 220 valence electrons. The normalized spacial score (nSPS) is 17.9. The molecule has 1 aromatic heterocycles. The molecule has 5 rings (SSSR count). The van der Waals surface area contributed by atoms with E-state index in [9.17, 15) is 32.8 Å². The van der Waals surface area contributed by atoms with Gasteiger partial charge in [-0.2, -0.15) is 5.26 Å². The molecule has 2 atom stereocenters. The molecule has 0 spiro atoms. The standard InChI is InChI=1S/C30H23F3N6O3.CH4/c1-35-21-12-20(31)13-23(14-21)38(27(19-5-3-2-4-6-19)28(41)37-22-15-30(32,33)16-22)29(42)24-7-8-26(40)39(24)25-11-18(17-34)9-10-36-25;/h2-6,9-14,22,24,27H,7-8,15-16H2,(H,37,41);1H4/t24-,27-;/m0./s1. The smallest absolute Gasteiger partial charge is 0.252 e. The number of nitrogens with zero attached hydrogens (tertiary/aromatic N) is 5. The predicted octanol–water partition coefficient (Wildman–Crippen LogP) is 5.46. The van der Waals surface area contributed by atoms with Crippen molar-refractivity contribution in [2.75, 3.05) is 9.80 Å². The molecular weight excluding hydrogens is 561 g/mol. The molecule has 1 N–H and O–H groups in total. The van der Waals surface area contributed by atoms with Crippen molar-refractivity contribution in [3.8, 4) is 6.07 Å². The van der Waals surface area contributed by atoms with Crippen molar-refractivity contribution in [3.05, 3.63) is 95.2 Å². The molecule has 9 nitrogen and oxygen atoms in total. The lowest BCUT2D eigenvalue weighted by molar-refractivity contribution is -0.133. The SMILES string of the molecule is C.[C-]#[N+]c1cc(F)cc(N(C(=O)[C@@H]2CCC(=O)N2c2cc(C#N)ccn2)[C@H](C(=O)NC2CC(F)(F)C2)c2ccccc2)c1. The quantitative estimate of drug-likeness (QED) is 0.369. The van der Waals surface area contributed by atoms with Gasteiger partial charge in [0.1, 0.15) is 23.7 Å². The number of carbonyl (C=O) groups excluding carboxylic acids is 3. The van der Waals surface area contributed by atoms with Gasteiger partial charge in [0.25, 0.3) is 11.8 Å². The molecule has 3 amide bonds. The highest BCUT2D eigenvalue weighted by molar-refractivity contribution is 6.11. The summed E-state index contributed by atoms with van der Waals surface area (Å²) in [6.45, 7) is 7.40. The first-order valence-corrected chi connectivity index (χ1v) is 13.0. The van der Waals surface area contributed by atoms with Crippen LogP contribution in [0.2, 0.25) is 0 Å². The van der Waals surface area contributed by atoms with Crippen LogP contribution in [0.25, 0.3) is 4.85 Å². The molecule has 1 aliphatic heterocycles. The van der Waals surface area contributed by atoms with Gasteiger partial charge in [0.15, 0.2) is 5.69 Å². The average molecular weight is 589 g/mol. The monoisotopic (exact) mass is 588 g/mol. The van der Waals surface area contributed by atoms with Crippen molar-refractivity contribution in [1.29, 1.82) is 5.26 Å². The van der Waals surface area contributed by atoms with Crippen LogP contribution < -0.4 is 15.1 Å². The van der Waals surface area contributed by atoms with Crippen molar-refractivity contribution in [2.45, 2.75) is 57.2 Å². The third kappa shape index (κ3) is 6.33. The van der Waals surface area contributed by atoms with Crippen LogP contribution in [0.4, 0.5) is 30.4 Å². The third-order valence-electron chi connectivity index (χ3n) is 7.19. The molecular formula is C31H27F3N6O3. The summed E-state index contributed by atoms with van der Waals surface area (Å²) in [5.74, 6) is -5.73. The summed E-state index contributed by atoms with van der Waals surface area (Å²) in [6, 6.07) is 12.5. The summed E-state index contributed by atoms with van der Waals surface area (Å²) in [5, 5.41) is 11.9. The number of rotatable bonds is 7. The second kappa shape index (κ2) is 12.3. The van der Waals surface area contributed by atoms with E-state index in [-0.39, 0.29) is 43.0 Å². The second-order valence-corrected chi connectivity index (χ2v) is 10.1. The summed E-state index contributed by atoms with van der Waals surface area (Å²) >= 11 is 0. The zero-order chi connectivity index (χ0) is 30.0. The topological polar surface area (TPSA) is 111 Å². The summed E-state index contributed by atoms with van der Waals surface area (Å²) in [6.07, 6.45) is 0.166. The number of amides is 3. The van der Waals surface area contributed by atoms with E-state index >= 15 is 0 Å². The number of hydrogen-bond donors (Lipinski definition) is 1. The molecule has 3 aromatic rings. The minimum Gasteiger partial charge on any atom is -0.351 e. The van der Waals surface area contributed by atoms with Gasteiger partial charge in [0.2, 0.25) is 11.8 Å². The van der Waals surface area contributed by atoms with Crippen molar-refractivity contribution < 1.29 is 27.6 Å². The Morgan fingerprint density at radius 2 is 1.88 bits per heavy atom. The number of nitrogens with one attached hydrogen (secondary N) is 1. The highest BCUT2D eigenvalue weighted by Crippen LogP contribution is 2.39. The summed E-state index contributed by atoms with van der Waals surface area (Å²) in [7, 11) is 0. The number of halogens is 3. The molecule has 0 radical (unpaired) electrons. The maximum absolute atomic E-state index is 14.8. The van der Waals surface area contributed by atoms with Crippen LogP contribution in [0.3, 0.4) is 0 Å². The molecule has 1 aliphatic carbocycles. The molecule has 12 heteroatoms. The number of benzene rings is 2. The minimum atomic E-state index is -2.92. The van der Waals surface area contributed by atoms with E-state index in [1.54, 1.807) is 30.3 Å². The first-order chi connectivity index (χ1) is 20.1. The lowest BCUT2D eigenvalue weighted by atomic mass is 9.87. The minimum absolute atomic E-state index is 0. The van der Waals surface area contributed by atoms with Gasteiger partial charge in [0, 0.05) is 37.2 Å². The Bertz CT molecular complexity index is 1630. The number of carbonyl (C=O) groups is 3. The Labute approximate surface area is 246 Å². The fraction of sp³-hybridized carbons (Fsp3) is 0.290. The van der Waals surface area contributed by atoms with Crippen molar-refractivity contribution in [3.63, 3.8) is 0 Å². The van der Waals surface area contributed by atoms with Gasteiger partial charge < -0.3 is 5.32 Å². The van der Waals surface area contributed by atoms with E-state index in [1.165, 1.54) is 24.4 Å². The van der Waals surface area contributed by atoms with E-state index in [2.05, 4.69) is 15.1 Å². The molecule has 1 saturated heterocycles. The fourth-order valence-corrected chi connectivity index (χ4v) is 5.25. The first-order valence-electron chi connectivity index (χ1n) is 13.0. The molecule has 43 heavy (non-hydrogen) atoms. The number of aromatic nitrogens is 1. The molecule has 0 bridgehead atoms. The molecule has 2 heterocycles. The Morgan fingerprint density at radius 1 is 1.16 bits per heavy atom. The number of alkyl halides is 2. The Hall–Kier alpha value is -5.23. The van der Waals surface area contributed by atoms with E-state index in [4.69, 9.17) is 6.57 Å². The van der Waals surface area contributed by atoms with Gasteiger partial charge in [-0.25, -0.2) is 23.0 Å². The molecule has 0 unspecified atom stereocenters. The summed E-state index contributed by atoms with van der Waals surface area (Å²) in [5.41, 5.74) is 0.223. The Kier molecular flexibility index (Phi) is 8.81. The molecule has 2 aliphatic rings. The molecule has 1 saturated carbocycles. The van der Waals surface area contributed by atoms with E-state index in [0.29, 0.717) is 5.56 Å². The Morgan fingerprint density at radius 3 is 2.53 bits per heavy atom. The lowest BCUT2D eigenvalue weighted by Crippen LogP contribution is -2.56. The number of pyridine rings is 1. The van der Waals surface area contributed by atoms with Gasteiger partial charge in [-0.15, -0.1) is 0 Å². The van der Waals surface area contributed by atoms with Crippen LogP contribution in [0, 0.1) is 23.7 Å². The van der Waals surface area contributed by atoms with Gasteiger partial charge in [0.05, 0.1) is 18.2 Å². The van der Waals surface area contributed by atoms with Crippen molar-refractivity contribution in [2.24, 2.45) is 0 Å². The van der Waals surface area contributed by atoms with Crippen LogP contribution in [0.5, 0.6) is 0 Å². The van der Waals surface area contributed by atoms with Crippen LogP contribution in [0.1, 0.15) is 50.3 Å². The van der Waals surface area contributed by atoms with Crippen LogP contribution in [-0.4, -0.2) is 40.7 Å². The van der Waals surface area contributed by atoms with Gasteiger partial charge >= 0.3 is 0 Å². The maximum atomic E-state index is 14.8. The largest absolute Gasteiger partial charge is 0.351 e. The van der Waals surface area contributed by atoms with E-state index in [1.807, 2.05) is 6.07 Å². The Balaban J connectivity index is 0.00000423. The lowest BCUT2D eigenvalue weighted by Gasteiger charge is -2.39. The number of nitriles is 1. The third-order valence-corrected chi connectivity index (χ3v) is 7.19. The maximum Gasteiger partial charge on any atom is 0.252 e. The fourth-order valence-electron chi connectivity index (χ4n) is 5.25. The number of hydrogen-bond acceptors (Lipinski definition) is 5. The summed E-state index contributed by atoms with van der Waals surface area (Å²) in [4.78, 5) is 50.9. The zero-order valence-corrected chi connectivity index (χ0v) is 22.0. The molecule has 2 fully saturated rings. The van der Waals surface area contributed by atoms with Gasteiger partial charge in [-0.1, -0.05) is 37.8 Å².